The van der Waals surface area contributed by atoms with Gasteiger partial charge in [-0.15, -0.1) is 0 Å². The molecule has 2 heterocycles. The molecule has 1 aromatic heterocycles. The van der Waals surface area contributed by atoms with Gasteiger partial charge < -0.3 is 9.47 Å². The van der Waals surface area contributed by atoms with E-state index in [9.17, 15) is 0 Å². The smallest absolute Gasteiger partial charge is 0.209 e. The van der Waals surface area contributed by atoms with Gasteiger partial charge in [0.1, 0.15) is 0 Å². The molecular formula is C9H14N2O2. The van der Waals surface area contributed by atoms with Gasteiger partial charge in [-0.1, -0.05) is 0 Å². The quantitative estimate of drug-likeness (QED) is 0.764. The van der Waals surface area contributed by atoms with Gasteiger partial charge in [-0.3, -0.25) is 0 Å². The van der Waals surface area contributed by atoms with Gasteiger partial charge in [0.2, 0.25) is 5.88 Å². The second-order valence-electron chi connectivity index (χ2n) is 3.29. The van der Waals surface area contributed by atoms with Gasteiger partial charge in [0, 0.05) is 19.3 Å². The van der Waals surface area contributed by atoms with Gasteiger partial charge in [0.15, 0.2) is 0 Å². The second kappa shape index (κ2) is 4.28. The molecule has 0 unspecified atom stereocenters. The van der Waals surface area contributed by atoms with Crippen LogP contribution in [0.1, 0.15) is 12.8 Å². The van der Waals surface area contributed by atoms with E-state index < -0.39 is 0 Å². The molecule has 0 aliphatic carbocycles. The molecule has 1 aliphatic rings. The molecule has 1 saturated heterocycles. The highest BCUT2D eigenvalue weighted by Crippen LogP contribution is 2.15. The summed E-state index contributed by atoms with van der Waals surface area (Å²) in [4.78, 5) is 0. The summed E-state index contributed by atoms with van der Waals surface area (Å²) in [5, 5.41) is 6.58. The Morgan fingerprint density at radius 1 is 1.54 bits per heavy atom. The fourth-order valence-corrected chi connectivity index (χ4v) is 1.44. The molecular weight excluding hydrogens is 168 g/mol. The van der Waals surface area contributed by atoms with E-state index in [1.54, 1.807) is 6.20 Å². The molecule has 0 aromatic carbocycles. The zero-order chi connectivity index (χ0) is 8.93. The van der Waals surface area contributed by atoms with Crippen LogP contribution in [0, 0.1) is 5.92 Å². The molecule has 2 rings (SSSR count). The predicted octanol–water partition coefficient (Wildman–Crippen LogP) is 1.22. The summed E-state index contributed by atoms with van der Waals surface area (Å²) in [5.41, 5.74) is 0. The number of hydrogen-bond donors (Lipinski definition) is 1. The van der Waals surface area contributed by atoms with E-state index in [0.717, 1.165) is 38.5 Å². The van der Waals surface area contributed by atoms with Crippen LogP contribution in [0.2, 0.25) is 0 Å². The molecule has 0 spiro atoms. The van der Waals surface area contributed by atoms with Crippen LogP contribution in [0.5, 0.6) is 5.88 Å². The number of rotatable bonds is 3. The molecule has 0 amide bonds. The van der Waals surface area contributed by atoms with E-state index in [2.05, 4.69) is 10.2 Å². The lowest BCUT2D eigenvalue weighted by Crippen LogP contribution is -2.21. The van der Waals surface area contributed by atoms with Crippen molar-refractivity contribution in [2.24, 2.45) is 5.92 Å². The number of nitrogens with zero attached hydrogens (tertiary/aromatic N) is 1. The van der Waals surface area contributed by atoms with Gasteiger partial charge in [-0.2, -0.15) is 5.10 Å². The van der Waals surface area contributed by atoms with Gasteiger partial charge in [-0.25, -0.2) is 5.10 Å². The largest absolute Gasteiger partial charge is 0.478 e. The number of ether oxygens (including phenoxy) is 2. The summed E-state index contributed by atoms with van der Waals surface area (Å²) in [5.74, 6) is 1.39. The summed E-state index contributed by atoms with van der Waals surface area (Å²) >= 11 is 0. The zero-order valence-corrected chi connectivity index (χ0v) is 7.53. The Labute approximate surface area is 77.2 Å². The normalized spacial score (nSPS) is 18.8. The van der Waals surface area contributed by atoms with Crippen LogP contribution in [0.15, 0.2) is 12.3 Å². The third-order valence-corrected chi connectivity index (χ3v) is 2.29. The van der Waals surface area contributed by atoms with E-state index in [4.69, 9.17) is 9.47 Å². The van der Waals surface area contributed by atoms with Crippen molar-refractivity contribution >= 4 is 0 Å². The number of aromatic nitrogens is 2. The SMILES string of the molecule is c1cc(OCC2CCOCC2)[nH]n1. The molecule has 1 fully saturated rings. The maximum absolute atomic E-state index is 5.51. The zero-order valence-electron chi connectivity index (χ0n) is 7.53. The van der Waals surface area contributed by atoms with Crippen LogP contribution in [0.25, 0.3) is 0 Å². The number of aromatic amines is 1. The maximum atomic E-state index is 5.51. The maximum Gasteiger partial charge on any atom is 0.209 e. The number of hydrogen-bond acceptors (Lipinski definition) is 3. The average molecular weight is 182 g/mol. The summed E-state index contributed by atoms with van der Waals surface area (Å²) in [6, 6.07) is 1.83. The predicted molar refractivity (Wildman–Crippen MR) is 47.6 cm³/mol. The van der Waals surface area contributed by atoms with Crippen molar-refractivity contribution in [3.8, 4) is 5.88 Å². The molecule has 0 bridgehead atoms. The third kappa shape index (κ3) is 2.45. The summed E-state index contributed by atoms with van der Waals surface area (Å²) in [6.45, 7) is 2.51. The molecule has 0 radical (unpaired) electrons. The molecule has 0 atom stereocenters. The first-order valence-corrected chi connectivity index (χ1v) is 4.65. The highest BCUT2D eigenvalue weighted by molar-refractivity contribution is 5.03. The van der Waals surface area contributed by atoms with Crippen LogP contribution in [0.4, 0.5) is 0 Å². The molecule has 0 saturated carbocycles. The Kier molecular flexibility index (Phi) is 2.82. The first kappa shape index (κ1) is 8.56. The molecule has 4 heteroatoms. The summed E-state index contributed by atoms with van der Waals surface area (Å²) in [7, 11) is 0. The fourth-order valence-electron chi connectivity index (χ4n) is 1.44. The molecule has 4 nitrogen and oxygen atoms in total. The van der Waals surface area contributed by atoms with Crippen molar-refractivity contribution in [1.82, 2.24) is 10.2 Å². The minimum atomic E-state index is 0.636. The molecule has 1 aliphatic heterocycles. The van der Waals surface area contributed by atoms with Gasteiger partial charge >= 0.3 is 0 Å². The van der Waals surface area contributed by atoms with Crippen molar-refractivity contribution in [1.29, 1.82) is 0 Å². The summed E-state index contributed by atoms with van der Waals surface area (Å²) in [6.07, 6.45) is 3.90. The van der Waals surface area contributed by atoms with Gasteiger partial charge in [0.25, 0.3) is 0 Å². The van der Waals surface area contributed by atoms with Crippen LogP contribution in [-0.2, 0) is 4.74 Å². The minimum absolute atomic E-state index is 0.636. The molecule has 1 N–H and O–H groups in total. The van der Waals surface area contributed by atoms with Crippen molar-refractivity contribution in [3.63, 3.8) is 0 Å². The number of nitrogens with one attached hydrogen (secondary N) is 1. The van der Waals surface area contributed by atoms with Crippen LogP contribution >= 0.6 is 0 Å². The molecule has 13 heavy (non-hydrogen) atoms. The lowest BCUT2D eigenvalue weighted by Gasteiger charge is -2.21. The Hall–Kier alpha value is -1.03. The van der Waals surface area contributed by atoms with Crippen LogP contribution in [-0.4, -0.2) is 30.0 Å². The van der Waals surface area contributed by atoms with E-state index in [-0.39, 0.29) is 0 Å². The lowest BCUT2D eigenvalue weighted by molar-refractivity contribution is 0.0490. The van der Waals surface area contributed by atoms with E-state index in [0.29, 0.717) is 5.92 Å². The van der Waals surface area contributed by atoms with E-state index in [1.165, 1.54) is 0 Å². The number of H-pyrrole nitrogens is 1. The van der Waals surface area contributed by atoms with Crippen molar-refractivity contribution < 1.29 is 9.47 Å². The average Bonchev–Trinajstić information content (AvgIpc) is 2.69. The molecule has 72 valence electrons. The lowest BCUT2D eigenvalue weighted by atomic mass is 10.0. The van der Waals surface area contributed by atoms with Gasteiger partial charge in [-0.05, 0) is 18.8 Å². The first-order valence-electron chi connectivity index (χ1n) is 4.65. The highest BCUT2D eigenvalue weighted by atomic mass is 16.5. The fraction of sp³-hybridized carbons (Fsp3) is 0.667. The topological polar surface area (TPSA) is 47.1 Å². The summed E-state index contributed by atoms with van der Waals surface area (Å²) < 4.78 is 10.8. The minimum Gasteiger partial charge on any atom is -0.478 e. The molecule has 1 aromatic rings. The monoisotopic (exact) mass is 182 g/mol. The highest BCUT2D eigenvalue weighted by Gasteiger charge is 2.14. The van der Waals surface area contributed by atoms with Crippen LogP contribution < -0.4 is 4.74 Å². The third-order valence-electron chi connectivity index (χ3n) is 2.29. The second-order valence-corrected chi connectivity index (χ2v) is 3.29. The van der Waals surface area contributed by atoms with Crippen molar-refractivity contribution in [3.05, 3.63) is 12.3 Å². The van der Waals surface area contributed by atoms with E-state index in [1.807, 2.05) is 6.07 Å². The Bertz CT molecular complexity index is 230. The first-order chi connectivity index (χ1) is 6.45. The van der Waals surface area contributed by atoms with Crippen LogP contribution in [0.3, 0.4) is 0 Å². The Morgan fingerprint density at radius 2 is 2.38 bits per heavy atom. The van der Waals surface area contributed by atoms with Gasteiger partial charge in [0.05, 0.1) is 12.8 Å². The Morgan fingerprint density at radius 3 is 3.08 bits per heavy atom. The van der Waals surface area contributed by atoms with E-state index >= 15 is 0 Å². The van der Waals surface area contributed by atoms with Crippen molar-refractivity contribution in [2.75, 3.05) is 19.8 Å². The van der Waals surface area contributed by atoms with Crippen molar-refractivity contribution in [2.45, 2.75) is 12.8 Å². The Balaban J connectivity index is 1.72. The standard InChI is InChI=1S/C9H14N2O2/c1-4-10-11-9(1)13-7-8-2-5-12-6-3-8/h1,4,8H,2-3,5-7H2,(H,10,11).